The van der Waals surface area contributed by atoms with Crippen molar-refractivity contribution in [3.8, 4) is 0 Å². The minimum Gasteiger partial charge on any atom is -0.457 e. The van der Waals surface area contributed by atoms with Crippen LogP contribution in [0.4, 0.5) is 0 Å². The molecule has 11 heteroatoms. The van der Waals surface area contributed by atoms with E-state index in [-0.39, 0.29) is 12.8 Å². The summed E-state index contributed by atoms with van der Waals surface area (Å²) in [5.74, 6) is -1.07. The van der Waals surface area contributed by atoms with Crippen LogP contribution in [0, 0.1) is 0 Å². The molecule has 0 aliphatic rings. The standard InChI is InChI=1S/C35H61O10P/c1-3-5-7-9-11-13-14-15-16-17-18-19-21-23-25-27-35(39)45-33(29-37)31-43-46(40,41)42-30-32(28-36)44-34(38)26-24-22-20-12-10-8-6-4-2/h5,7,11,13,15-16,18-19,32-33,36-37H,3-4,6,8-10,12,14,17,20-31H2,1-2H3,(H,40,41)/b7-5-,13-11-,16-15-,19-18-. The lowest BCUT2D eigenvalue weighted by Crippen LogP contribution is -2.28. The fourth-order valence-electron chi connectivity index (χ4n) is 4.16. The normalized spacial score (nSPS) is 14.8. The van der Waals surface area contributed by atoms with Gasteiger partial charge in [-0.1, -0.05) is 107 Å². The average Bonchev–Trinajstić information content (AvgIpc) is 3.04. The summed E-state index contributed by atoms with van der Waals surface area (Å²) in [4.78, 5) is 34.1. The first-order chi connectivity index (χ1) is 22.3. The SMILES string of the molecule is CC/C=C\C/C=C\C/C=C\C/C=C\CCCCC(=O)OC(CO)COP(=O)(O)OCC(CO)OC(=O)CCCCCCCCCC. The highest BCUT2D eigenvalue weighted by atomic mass is 31.2. The molecule has 10 nitrogen and oxygen atoms in total. The van der Waals surface area contributed by atoms with Gasteiger partial charge < -0.3 is 24.6 Å². The fraction of sp³-hybridized carbons (Fsp3) is 0.714. The van der Waals surface area contributed by atoms with E-state index in [4.69, 9.17) is 18.5 Å². The van der Waals surface area contributed by atoms with Crippen LogP contribution in [0.1, 0.15) is 123 Å². The van der Waals surface area contributed by atoms with Crippen LogP contribution in [-0.4, -0.2) is 65.7 Å². The molecule has 0 bridgehead atoms. The van der Waals surface area contributed by atoms with E-state index < -0.39 is 58.4 Å². The van der Waals surface area contributed by atoms with E-state index >= 15 is 0 Å². The lowest BCUT2D eigenvalue weighted by atomic mass is 10.1. The number of carbonyl (C=O) groups is 2. The Morgan fingerprint density at radius 3 is 1.48 bits per heavy atom. The molecular weight excluding hydrogens is 611 g/mol. The Morgan fingerprint density at radius 1 is 0.609 bits per heavy atom. The number of allylic oxidation sites excluding steroid dienone is 8. The summed E-state index contributed by atoms with van der Waals surface area (Å²) < 4.78 is 32.2. The smallest absolute Gasteiger partial charge is 0.457 e. The zero-order valence-electron chi connectivity index (χ0n) is 28.3. The fourth-order valence-corrected chi connectivity index (χ4v) is 4.95. The maximum Gasteiger partial charge on any atom is 0.472 e. The molecule has 0 aliphatic heterocycles. The molecular formula is C35H61O10P. The van der Waals surface area contributed by atoms with E-state index in [1.54, 1.807) is 0 Å². The first-order valence-corrected chi connectivity index (χ1v) is 18.6. The van der Waals surface area contributed by atoms with Crippen molar-refractivity contribution in [1.82, 2.24) is 0 Å². The van der Waals surface area contributed by atoms with E-state index in [0.29, 0.717) is 12.8 Å². The number of phosphoric acid groups is 1. The third kappa shape index (κ3) is 29.3. The number of aliphatic hydroxyl groups is 2. The van der Waals surface area contributed by atoms with Crippen molar-refractivity contribution in [1.29, 1.82) is 0 Å². The van der Waals surface area contributed by atoms with E-state index in [1.807, 2.05) is 0 Å². The lowest BCUT2D eigenvalue weighted by molar-refractivity contribution is -0.153. The van der Waals surface area contributed by atoms with Crippen LogP contribution in [0.15, 0.2) is 48.6 Å². The highest BCUT2D eigenvalue weighted by molar-refractivity contribution is 7.47. The van der Waals surface area contributed by atoms with Crippen molar-refractivity contribution in [2.45, 2.75) is 135 Å². The molecule has 0 radical (unpaired) electrons. The molecule has 0 aromatic carbocycles. The van der Waals surface area contributed by atoms with Crippen LogP contribution in [0.5, 0.6) is 0 Å². The van der Waals surface area contributed by atoms with Gasteiger partial charge in [0, 0.05) is 12.8 Å². The van der Waals surface area contributed by atoms with Gasteiger partial charge in [0.05, 0.1) is 26.4 Å². The van der Waals surface area contributed by atoms with E-state index in [2.05, 4.69) is 62.5 Å². The van der Waals surface area contributed by atoms with Crippen LogP contribution in [-0.2, 0) is 32.7 Å². The van der Waals surface area contributed by atoms with E-state index in [1.165, 1.54) is 25.7 Å². The maximum absolute atomic E-state index is 12.2. The second-order valence-electron chi connectivity index (χ2n) is 11.1. The molecule has 0 aliphatic carbocycles. The summed E-state index contributed by atoms with van der Waals surface area (Å²) in [6.07, 6.45) is 29.7. The molecule has 266 valence electrons. The summed E-state index contributed by atoms with van der Waals surface area (Å²) in [7, 11) is -4.63. The van der Waals surface area contributed by atoms with Gasteiger partial charge in [0.25, 0.3) is 0 Å². The van der Waals surface area contributed by atoms with Crippen molar-refractivity contribution in [2.75, 3.05) is 26.4 Å². The van der Waals surface area contributed by atoms with Crippen molar-refractivity contribution >= 4 is 19.8 Å². The monoisotopic (exact) mass is 672 g/mol. The highest BCUT2D eigenvalue weighted by Gasteiger charge is 2.27. The van der Waals surface area contributed by atoms with E-state index in [0.717, 1.165) is 57.8 Å². The third-order valence-electron chi connectivity index (χ3n) is 6.81. The van der Waals surface area contributed by atoms with Gasteiger partial charge in [-0.15, -0.1) is 0 Å². The van der Waals surface area contributed by atoms with Gasteiger partial charge >= 0.3 is 19.8 Å². The maximum atomic E-state index is 12.2. The second kappa shape index (κ2) is 31.5. The Balaban J connectivity index is 4.11. The van der Waals surface area contributed by atoms with Gasteiger partial charge in [0.1, 0.15) is 12.2 Å². The Labute approximate surface area is 277 Å². The number of hydrogen-bond donors (Lipinski definition) is 3. The average molecular weight is 673 g/mol. The first kappa shape index (κ1) is 43.9. The number of ether oxygens (including phenoxy) is 2. The second-order valence-corrected chi connectivity index (χ2v) is 12.6. The number of aliphatic hydroxyl groups excluding tert-OH is 2. The quantitative estimate of drug-likeness (QED) is 0.0288. The number of carbonyl (C=O) groups excluding carboxylic acids is 2. The van der Waals surface area contributed by atoms with Crippen LogP contribution in [0.25, 0.3) is 0 Å². The van der Waals surface area contributed by atoms with Gasteiger partial charge in [0.2, 0.25) is 0 Å². The van der Waals surface area contributed by atoms with Crippen molar-refractivity contribution in [2.24, 2.45) is 0 Å². The molecule has 0 saturated carbocycles. The van der Waals surface area contributed by atoms with Crippen LogP contribution >= 0.6 is 7.82 Å². The zero-order valence-corrected chi connectivity index (χ0v) is 29.2. The molecule has 0 amide bonds. The topological polar surface area (TPSA) is 149 Å². The summed E-state index contributed by atoms with van der Waals surface area (Å²) in [5.41, 5.74) is 0. The van der Waals surface area contributed by atoms with Crippen LogP contribution in [0.3, 0.4) is 0 Å². The Kier molecular flexibility index (Phi) is 30.1. The number of esters is 2. The summed E-state index contributed by atoms with van der Waals surface area (Å²) in [6.45, 7) is 1.96. The number of hydrogen-bond acceptors (Lipinski definition) is 9. The van der Waals surface area contributed by atoms with Crippen molar-refractivity contribution in [3.05, 3.63) is 48.6 Å². The van der Waals surface area contributed by atoms with Crippen molar-refractivity contribution < 1.29 is 47.8 Å². The van der Waals surface area contributed by atoms with Crippen molar-refractivity contribution in [3.63, 3.8) is 0 Å². The first-order valence-electron chi connectivity index (χ1n) is 17.1. The molecule has 0 saturated heterocycles. The molecule has 3 N–H and O–H groups in total. The van der Waals surface area contributed by atoms with Crippen LogP contribution in [0.2, 0.25) is 0 Å². The van der Waals surface area contributed by atoms with E-state index in [9.17, 15) is 29.3 Å². The minimum atomic E-state index is -4.63. The predicted molar refractivity (Wildman–Crippen MR) is 182 cm³/mol. The van der Waals surface area contributed by atoms with Gasteiger partial charge in [-0.2, -0.15) is 0 Å². The zero-order chi connectivity index (χ0) is 34.1. The largest absolute Gasteiger partial charge is 0.472 e. The number of rotatable bonds is 31. The summed E-state index contributed by atoms with van der Waals surface area (Å²) >= 11 is 0. The molecule has 0 fully saturated rings. The number of phosphoric ester groups is 1. The Hall–Kier alpha value is -2.07. The summed E-state index contributed by atoms with van der Waals surface area (Å²) in [6, 6.07) is 0. The minimum absolute atomic E-state index is 0.139. The predicted octanol–water partition coefficient (Wildman–Crippen LogP) is 7.82. The van der Waals surface area contributed by atoms with Gasteiger partial charge in [-0.05, 0) is 51.4 Å². The lowest BCUT2D eigenvalue weighted by Gasteiger charge is -2.20. The summed E-state index contributed by atoms with van der Waals surface area (Å²) in [5, 5.41) is 19.0. The van der Waals surface area contributed by atoms with Gasteiger partial charge in [0.15, 0.2) is 0 Å². The highest BCUT2D eigenvalue weighted by Crippen LogP contribution is 2.43. The van der Waals surface area contributed by atoms with Crippen LogP contribution < -0.4 is 0 Å². The van der Waals surface area contributed by atoms with Gasteiger partial charge in [-0.3, -0.25) is 18.6 Å². The van der Waals surface area contributed by atoms with Gasteiger partial charge in [-0.25, -0.2) is 4.57 Å². The molecule has 0 heterocycles. The molecule has 46 heavy (non-hydrogen) atoms. The third-order valence-corrected chi connectivity index (χ3v) is 7.76. The molecule has 0 spiro atoms. The molecule has 3 unspecified atom stereocenters. The Morgan fingerprint density at radius 2 is 1.02 bits per heavy atom. The Bertz CT molecular complexity index is 915. The molecule has 0 aromatic rings. The molecule has 0 rings (SSSR count). The molecule has 0 aromatic heterocycles. The molecule has 3 atom stereocenters. The number of unbranched alkanes of at least 4 members (excludes halogenated alkanes) is 9.